The fraction of sp³-hybridized carbons (Fsp3) is 0.0909. The summed E-state index contributed by atoms with van der Waals surface area (Å²) in [7, 11) is 0. The lowest BCUT2D eigenvalue weighted by atomic mass is 10.1. The normalized spacial score (nSPS) is 11.0. The average Bonchev–Trinajstić information content (AvgIpc) is 3.23. The summed E-state index contributed by atoms with van der Waals surface area (Å²) in [4.78, 5) is 12.4. The maximum Gasteiger partial charge on any atom is 0.262 e. The zero-order valence-electron chi connectivity index (χ0n) is 15.2. The van der Waals surface area contributed by atoms with Gasteiger partial charge in [0.1, 0.15) is 29.8 Å². The molecule has 0 aliphatic carbocycles. The van der Waals surface area contributed by atoms with Crippen LogP contribution < -0.4 is 10.1 Å². The van der Waals surface area contributed by atoms with Crippen molar-refractivity contribution >= 4 is 35.2 Å². The number of nitrogens with zero attached hydrogens (tertiary/aromatic N) is 1. The second-order valence-electron chi connectivity index (χ2n) is 6.03. The third kappa shape index (κ3) is 5.89. The van der Waals surface area contributed by atoms with Gasteiger partial charge in [0, 0.05) is 15.6 Å². The van der Waals surface area contributed by atoms with E-state index in [-0.39, 0.29) is 18.7 Å². The molecule has 29 heavy (non-hydrogen) atoms. The summed E-state index contributed by atoms with van der Waals surface area (Å²) in [6.07, 6.45) is 2.95. The van der Waals surface area contributed by atoms with Crippen molar-refractivity contribution in [1.82, 2.24) is 5.32 Å². The summed E-state index contributed by atoms with van der Waals surface area (Å²) >= 11 is 12.1. The minimum absolute atomic E-state index is 0.0774. The van der Waals surface area contributed by atoms with Gasteiger partial charge in [-0.15, -0.1) is 0 Å². The summed E-state index contributed by atoms with van der Waals surface area (Å²) < 4.78 is 11.0. The third-order valence-electron chi connectivity index (χ3n) is 3.92. The van der Waals surface area contributed by atoms with Crippen LogP contribution in [0.2, 0.25) is 10.0 Å². The largest absolute Gasteiger partial charge is 0.488 e. The van der Waals surface area contributed by atoms with Crippen molar-refractivity contribution < 1.29 is 13.9 Å². The Kier molecular flexibility index (Phi) is 6.96. The number of hydrogen-bond donors (Lipinski definition) is 1. The Hall–Kier alpha value is -3.20. The molecule has 1 heterocycles. The summed E-state index contributed by atoms with van der Waals surface area (Å²) in [6.45, 7) is 0.453. The van der Waals surface area contributed by atoms with E-state index in [2.05, 4.69) is 5.32 Å². The van der Waals surface area contributed by atoms with Gasteiger partial charge in [-0.3, -0.25) is 4.79 Å². The molecule has 0 saturated carbocycles. The Bertz CT molecular complexity index is 1070. The number of carbonyl (C=O) groups excluding carboxylic acids is 1. The van der Waals surface area contributed by atoms with Crippen LogP contribution in [0.15, 0.2) is 70.9 Å². The Morgan fingerprint density at radius 2 is 1.97 bits per heavy atom. The van der Waals surface area contributed by atoms with Crippen LogP contribution in [0.5, 0.6) is 5.75 Å². The molecule has 0 atom stereocenters. The van der Waals surface area contributed by atoms with Crippen LogP contribution >= 0.6 is 23.2 Å². The first-order chi connectivity index (χ1) is 14.0. The number of benzene rings is 2. The molecule has 1 amide bonds. The smallest absolute Gasteiger partial charge is 0.262 e. The van der Waals surface area contributed by atoms with Crippen LogP contribution in [0.4, 0.5) is 0 Å². The van der Waals surface area contributed by atoms with Crippen LogP contribution in [-0.2, 0) is 17.9 Å². The molecule has 2 aromatic carbocycles. The molecule has 7 heteroatoms. The molecule has 0 fully saturated rings. The zero-order chi connectivity index (χ0) is 20.6. The summed E-state index contributed by atoms with van der Waals surface area (Å²) in [6, 6.07) is 17.7. The first-order valence-electron chi connectivity index (χ1n) is 8.64. The highest BCUT2D eigenvalue weighted by atomic mass is 35.5. The Labute approximate surface area is 178 Å². The molecule has 1 N–H and O–H groups in total. The van der Waals surface area contributed by atoms with Gasteiger partial charge in [-0.1, -0.05) is 35.3 Å². The molecule has 3 aromatic rings. The number of halogens is 2. The zero-order valence-corrected chi connectivity index (χ0v) is 16.7. The molecule has 5 nitrogen and oxygen atoms in total. The van der Waals surface area contributed by atoms with E-state index in [1.807, 2.05) is 18.2 Å². The molecular weight excluding hydrogens is 411 g/mol. The molecule has 0 spiro atoms. The predicted molar refractivity (Wildman–Crippen MR) is 111 cm³/mol. The average molecular weight is 427 g/mol. The van der Waals surface area contributed by atoms with Gasteiger partial charge in [0.25, 0.3) is 5.91 Å². The van der Waals surface area contributed by atoms with Crippen LogP contribution in [0.3, 0.4) is 0 Å². The molecule has 3 rings (SSSR count). The number of rotatable bonds is 7. The van der Waals surface area contributed by atoms with Gasteiger partial charge in [-0.25, -0.2) is 0 Å². The van der Waals surface area contributed by atoms with Gasteiger partial charge in [0.05, 0.1) is 12.8 Å². The van der Waals surface area contributed by atoms with Gasteiger partial charge in [0.15, 0.2) is 0 Å². The quantitative estimate of drug-likeness (QED) is 0.405. The van der Waals surface area contributed by atoms with E-state index < -0.39 is 5.91 Å². The number of hydrogen-bond acceptors (Lipinski definition) is 4. The molecule has 0 radical (unpaired) electrons. The molecule has 0 aliphatic rings. The van der Waals surface area contributed by atoms with Crippen molar-refractivity contribution in [2.75, 3.05) is 0 Å². The number of furan rings is 1. The first-order valence-corrected chi connectivity index (χ1v) is 9.40. The van der Waals surface area contributed by atoms with Crippen LogP contribution in [0.25, 0.3) is 6.08 Å². The van der Waals surface area contributed by atoms with E-state index >= 15 is 0 Å². The molecule has 0 saturated heterocycles. The second-order valence-corrected chi connectivity index (χ2v) is 6.91. The van der Waals surface area contributed by atoms with Gasteiger partial charge >= 0.3 is 0 Å². The topological polar surface area (TPSA) is 75.3 Å². The lowest BCUT2D eigenvalue weighted by molar-refractivity contribution is -0.117. The third-order valence-corrected chi connectivity index (χ3v) is 4.39. The SMILES string of the molecule is N#C/C(=C\c1cc(Cl)ccc1OCc1cccc(Cl)c1)C(=O)NCc1ccco1. The number of nitrogens with one attached hydrogen (secondary N) is 1. The lowest BCUT2D eigenvalue weighted by Crippen LogP contribution is -2.23. The number of nitriles is 1. The Morgan fingerprint density at radius 1 is 1.14 bits per heavy atom. The molecular formula is C22H16Cl2N2O3. The van der Waals surface area contributed by atoms with Crippen LogP contribution in [0.1, 0.15) is 16.9 Å². The molecule has 1 aromatic heterocycles. The van der Waals surface area contributed by atoms with Crippen molar-refractivity contribution in [3.8, 4) is 11.8 Å². The van der Waals surface area contributed by atoms with E-state index in [0.29, 0.717) is 27.1 Å². The fourth-order valence-corrected chi connectivity index (χ4v) is 2.92. The standard InChI is InChI=1S/C22H16Cl2N2O3/c23-18-4-1-3-15(9-18)14-29-21-7-6-19(24)11-16(21)10-17(12-25)22(27)26-13-20-5-2-8-28-20/h1-11H,13-14H2,(H,26,27)/b17-10+. The van der Waals surface area contributed by atoms with Crippen molar-refractivity contribution in [3.63, 3.8) is 0 Å². The highest BCUT2D eigenvalue weighted by Gasteiger charge is 2.12. The Balaban J connectivity index is 1.77. The van der Waals surface area contributed by atoms with Crippen molar-refractivity contribution in [1.29, 1.82) is 5.26 Å². The molecule has 0 aliphatic heterocycles. The van der Waals surface area contributed by atoms with Gasteiger partial charge < -0.3 is 14.5 Å². The van der Waals surface area contributed by atoms with Crippen molar-refractivity contribution in [2.24, 2.45) is 0 Å². The number of carbonyl (C=O) groups is 1. The maximum atomic E-state index is 12.4. The summed E-state index contributed by atoms with van der Waals surface area (Å²) in [5.41, 5.74) is 1.33. The minimum atomic E-state index is -0.523. The van der Waals surface area contributed by atoms with Gasteiger partial charge in [-0.05, 0) is 54.1 Å². The van der Waals surface area contributed by atoms with E-state index in [9.17, 15) is 10.1 Å². The highest BCUT2D eigenvalue weighted by Crippen LogP contribution is 2.26. The Morgan fingerprint density at radius 3 is 2.69 bits per heavy atom. The van der Waals surface area contributed by atoms with Crippen LogP contribution in [-0.4, -0.2) is 5.91 Å². The molecule has 0 bridgehead atoms. The maximum absolute atomic E-state index is 12.4. The van der Waals surface area contributed by atoms with Crippen LogP contribution in [0, 0.1) is 11.3 Å². The predicted octanol–water partition coefficient (Wildman–Crippen LogP) is 5.39. The number of amides is 1. The molecule has 0 unspecified atom stereocenters. The number of ether oxygens (including phenoxy) is 1. The van der Waals surface area contributed by atoms with Gasteiger partial charge in [0.2, 0.25) is 0 Å². The van der Waals surface area contributed by atoms with Gasteiger partial charge in [-0.2, -0.15) is 5.26 Å². The molecule has 146 valence electrons. The summed E-state index contributed by atoms with van der Waals surface area (Å²) in [5, 5.41) is 13.1. The fourth-order valence-electron chi connectivity index (χ4n) is 2.53. The monoisotopic (exact) mass is 426 g/mol. The highest BCUT2D eigenvalue weighted by molar-refractivity contribution is 6.31. The summed E-state index contributed by atoms with van der Waals surface area (Å²) in [5.74, 6) is 0.551. The first kappa shape index (κ1) is 20.5. The van der Waals surface area contributed by atoms with E-state index in [1.165, 1.54) is 12.3 Å². The van der Waals surface area contributed by atoms with E-state index in [1.54, 1.807) is 42.5 Å². The minimum Gasteiger partial charge on any atom is -0.488 e. The van der Waals surface area contributed by atoms with E-state index in [4.69, 9.17) is 32.4 Å². The lowest BCUT2D eigenvalue weighted by Gasteiger charge is -2.11. The second kappa shape index (κ2) is 9.83. The van der Waals surface area contributed by atoms with E-state index in [0.717, 1.165) is 5.56 Å². The van der Waals surface area contributed by atoms with Crippen molar-refractivity contribution in [3.05, 3.63) is 93.4 Å². The van der Waals surface area contributed by atoms with Crippen molar-refractivity contribution in [2.45, 2.75) is 13.2 Å².